The first-order valence-electron chi connectivity index (χ1n) is 3.45. The average molecular weight is 208 g/mol. The lowest BCUT2D eigenvalue weighted by molar-refractivity contribution is 0.150. The van der Waals surface area contributed by atoms with E-state index in [0.717, 1.165) is 6.07 Å². The summed E-state index contributed by atoms with van der Waals surface area (Å²) < 4.78 is 24.7. The molecule has 0 aliphatic carbocycles. The molecule has 0 aliphatic heterocycles. The highest BCUT2D eigenvalue weighted by atomic mass is 35.5. The quantitative estimate of drug-likeness (QED) is 0.729. The molecule has 0 spiro atoms. The van der Waals surface area contributed by atoms with Gasteiger partial charge < -0.3 is 11.5 Å². The molecular weight excluding hydrogens is 200 g/mol. The van der Waals surface area contributed by atoms with Crippen LogP contribution in [0.15, 0.2) is 6.07 Å². The number of nitrogens with two attached hydrogens (primary N) is 2. The van der Waals surface area contributed by atoms with E-state index in [0.29, 0.717) is 0 Å². The Bertz CT molecular complexity index is 317. The molecule has 6 heteroatoms. The van der Waals surface area contributed by atoms with Crippen LogP contribution >= 0.6 is 11.6 Å². The molecule has 0 saturated heterocycles. The Labute approximate surface area is 78.7 Å². The number of hydrogen-bond donors (Lipinski definition) is 2. The summed E-state index contributed by atoms with van der Waals surface area (Å²) in [7, 11) is 0. The van der Waals surface area contributed by atoms with E-state index < -0.39 is 6.43 Å². The van der Waals surface area contributed by atoms with Gasteiger partial charge in [0.15, 0.2) is 0 Å². The molecule has 1 aromatic heterocycles. The number of halogens is 3. The van der Waals surface area contributed by atoms with E-state index in [9.17, 15) is 8.78 Å². The molecule has 72 valence electrons. The Hall–Kier alpha value is -1.10. The number of alkyl halides is 3. The fraction of sp³-hybridized carbons (Fsp3) is 0.286. The summed E-state index contributed by atoms with van der Waals surface area (Å²) in [6.45, 7) is 0. The van der Waals surface area contributed by atoms with E-state index in [4.69, 9.17) is 23.1 Å². The van der Waals surface area contributed by atoms with Crippen molar-refractivity contribution in [3.05, 3.63) is 17.3 Å². The Morgan fingerprint density at radius 1 is 1.46 bits per heavy atom. The van der Waals surface area contributed by atoms with Crippen LogP contribution in [0.2, 0.25) is 0 Å². The number of aromatic nitrogens is 1. The smallest absolute Gasteiger partial charge is 0.265 e. The summed E-state index contributed by atoms with van der Waals surface area (Å²) in [4.78, 5) is 3.65. The van der Waals surface area contributed by atoms with E-state index in [2.05, 4.69) is 4.98 Å². The minimum Gasteiger partial charge on any atom is -0.396 e. The molecule has 0 amide bonds. The molecule has 0 radical (unpaired) electrons. The first-order valence-corrected chi connectivity index (χ1v) is 3.98. The summed E-state index contributed by atoms with van der Waals surface area (Å²) in [5.41, 5.74) is 10.5. The Kier molecular flexibility index (Phi) is 2.87. The van der Waals surface area contributed by atoms with Gasteiger partial charge in [0.2, 0.25) is 0 Å². The first-order chi connectivity index (χ1) is 6.06. The SMILES string of the molecule is Nc1cc(C(F)F)c(CCl)nc1N. The second-order valence-corrected chi connectivity index (χ2v) is 2.70. The number of nitrogens with zero attached hydrogens (tertiary/aromatic N) is 1. The lowest BCUT2D eigenvalue weighted by atomic mass is 10.2. The van der Waals surface area contributed by atoms with E-state index in [1.54, 1.807) is 0 Å². The van der Waals surface area contributed by atoms with Crippen LogP contribution in [0.5, 0.6) is 0 Å². The minimum absolute atomic E-state index is 0.0278. The predicted molar refractivity (Wildman–Crippen MR) is 47.6 cm³/mol. The van der Waals surface area contributed by atoms with E-state index in [1.807, 2.05) is 0 Å². The maximum Gasteiger partial charge on any atom is 0.265 e. The van der Waals surface area contributed by atoms with Crippen molar-refractivity contribution in [1.29, 1.82) is 0 Å². The average Bonchev–Trinajstić information content (AvgIpc) is 2.08. The molecule has 13 heavy (non-hydrogen) atoms. The molecular formula is C7H8ClF2N3. The predicted octanol–water partition coefficient (Wildman–Crippen LogP) is 1.92. The van der Waals surface area contributed by atoms with Crippen molar-refractivity contribution in [3.63, 3.8) is 0 Å². The Morgan fingerprint density at radius 2 is 2.08 bits per heavy atom. The maximum absolute atomic E-state index is 12.3. The van der Waals surface area contributed by atoms with Crippen LogP contribution in [0.4, 0.5) is 20.3 Å². The van der Waals surface area contributed by atoms with Crippen molar-refractivity contribution < 1.29 is 8.78 Å². The van der Waals surface area contributed by atoms with E-state index >= 15 is 0 Å². The summed E-state index contributed by atoms with van der Waals surface area (Å²) in [5.74, 6) is -0.0792. The molecule has 0 aromatic carbocycles. The molecule has 3 nitrogen and oxygen atoms in total. The molecule has 1 aromatic rings. The Morgan fingerprint density at radius 3 is 2.54 bits per heavy atom. The summed E-state index contributed by atoms with van der Waals surface area (Å²) >= 11 is 5.41. The molecule has 1 rings (SSSR count). The molecule has 0 fully saturated rings. The van der Waals surface area contributed by atoms with Crippen LogP contribution < -0.4 is 11.5 Å². The van der Waals surface area contributed by atoms with Gasteiger partial charge in [0.25, 0.3) is 6.43 Å². The molecule has 4 N–H and O–H groups in total. The van der Waals surface area contributed by atoms with Gasteiger partial charge in [-0.1, -0.05) is 0 Å². The number of hydrogen-bond acceptors (Lipinski definition) is 3. The van der Waals surface area contributed by atoms with Gasteiger partial charge in [-0.3, -0.25) is 0 Å². The van der Waals surface area contributed by atoms with Crippen LogP contribution in [0, 0.1) is 0 Å². The number of pyridine rings is 1. The minimum atomic E-state index is -2.64. The first kappa shape index (κ1) is 9.98. The largest absolute Gasteiger partial charge is 0.396 e. The molecule has 0 aliphatic rings. The summed E-state index contributed by atoms with van der Waals surface area (Å²) in [5, 5.41) is 0. The maximum atomic E-state index is 12.3. The van der Waals surface area contributed by atoms with Gasteiger partial charge in [-0.15, -0.1) is 11.6 Å². The number of rotatable bonds is 2. The van der Waals surface area contributed by atoms with E-state index in [1.165, 1.54) is 0 Å². The molecule has 0 unspecified atom stereocenters. The zero-order valence-electron chi connectivity index (χ0n) is 6.60. The van der Waals surface area contributed by atoms with Gasteiger partial charge in [0, 0.05) is 5.56 Å². The van der Waals surface area contributed by atoms with Crippen molar-refractivity contribution in [2.24, 2.45) is 0 Å². The standard InChI is InChI=1S/C7H8ClF2N3/c8-2-5-3(6(9)10)1-4(11)7(12)13-5/h1,6H,2,11H2,(H2,12,13). The topological polar surface area (TPSA) is 64.9 Å². The highest BCUT2D eigenvalue weighted by Crippen LogP contribution is 2.27. The third kappa shape index (κ3) is 1.98. The summed E-state index contributed by atoms with van der Waals surface area (Å²) in [6.07, 6.45) is -2.64. The molecule has 0 atom stereocenters. The lowest BCUT2D eigenvalue weighted by Gasteiger charge is -2.08. The summed E-state index contributed by atoms with van der Waals surface area (Å²) in [6, 6.07) is 1.10. The van der Waals surface area contributed by atoms with Crippen LogP contribution in [-0.4, -0.2) is 4.98 Å². The molecule has 0 bridgehead atoms. The van der Waals surface area contributed by atoms with Crippen molar-refractivity contribution in [2.75, 3.05) is 11.5 Å². The van der Waals surface area contributed by atoms with Gasteiger partial charge in [-0.2, -0.15) is 0 Å². The zero-order valence-corrected chi connectivity index (χ0v) is 7.35. The van der Waals surface area contributed by atoms with Gasteiger partial charge in [-0.25, -0.2) is 13.8 Å². The third-order valence-corrected chi connectivity index (χ3v) is 1.81. The Balaban J connectivity index is 3.25. The fourth-order valence-electron chi connectivity index (χ4n) is 0.895. The zero-order chi connectivity index (χ0) is 10.0. The van der Waals surface area contributed by atoms with Gasteiger partial charge in [-0.05, 0) is 6.07 Å². The van der Waals surface area contributed by atoms with Crippen LogP contribution in [0.3, 0.4) is 0 Å². The van der Waals surface area contributed by atoms with Crippen molar-refractivity contribution in [2.45, 2.75) is 12.3 Å². The van der Waals surface area contributed by atoms with Gasteiger partial charge >= 0.3 is 0 Å². The van der Waals surface area contributed by atoms with Crippen molar-refractivity contribution >= 4 is 23.1 Å². The fourth-order valence-corrected chi connectivity index (χ4v) is 1.11. The van der Waals surface area contributed by atoms with E-state index in [-0.39, 0.29) is 28.6 Å². The van der Waals surface area contributed by atoms with Crippen LogP contribution in [0.1, 0.15) is 17.7 Å². The number of anilines is 2. The monoisotopic (exact) mass is 207 g/mol. The van der Waals surface area contributed by atoms with Crippen LogP contribution in [-0.2, 0) is 5.88 Å². The van der Waals surface area contributed by atoms with Crippen LogP contribution in [0.25, 0.3) is 0 Å². The van der Waals surface area contributed by atoms with Gasteiger partial charge in [0.1, 0.15) is 5.82 Å². The number of nitrogen functional groups attached to an aromatic ring is 2. The third-order valence-electron chi connectivity index (χ3n) is 1.56. The second-order valence-electron chi connectivity index (χ2n) is 2.43. The molecule has 1 heterocycles. The van der Waals surface area contributed by atoms with Crippen molar-refractivity contribution in [1.82, 2.24) is 4.98 Å². The highest BCUT2D eigenvalue weighted by molar-refractivity contribution is 6.17. The highest BCUT2D eigenvalue weighted by Gasteiger charge is 2.15. The lowest BCUT2D eigenvalue weighted by Crippen LogP contribution is -2.04. The van der Waals surface area contributed by atoms with Crippen molar-refractivity contribution in [3.8, 4) is 0 Å². The molecule has 0 saturated carbocycles. The van der Waals surface area contributed by atoms with Gasteiger partial charge in [0.05, 0.1) is 17.3 Å². The normalized spacial score (nSPS) is 10.8. The second kappa shape index (κ2) is 3.74.